The van der Waals surface area contributed by atoms with Crippen LogP contribution in [0.3, 0.4) is 0 Å². The van der Waals surface area contributed by atoms with Crippen LogP contribution in [0.1, 0.15) is 34.6 Å². The lowest BCUT2D eigenvalue weighted by Crippen LogP contribution is -2.12. The van der Waals surface area contributed by atoms with Gasteiger partial charge in [0.25, 0.3) is 5.91 Å². The first-order chi connectivity index (χ1) is 10.1. The van der Waals surface area contributed by atoms with Crippen LogP contribution in [0, 0.1) is 6.92 Å². The number of rotatable bonds is 6. The topological polar surface area (TPSA) is 84.1 Å². The predicted octanol–water partition coefficient (Wildman–Crippen LogP) is 2.53. The number of thiazole rings is 1. The van der Waals surface area contributed by atoms with Crippen molar-refractivity contribution in [1.29, 1.82) is 0 Å². The number of hydrogen-bond acceptors (Lipinski definition) is 5. The number of H-pyrrole nitrogens is 1. The summed E-state index contributed by atoms with van der Waals surface area (Å²) in [5.41, 5.74) is 2.30. The number of methoxy groups -OCH3 is 1. The van der Waals surface area contributed by atoms with Crippen LogP contribution in [0.5, 0.6) is 0 Å². The van der Waals surface area contributed by atoms with E-state index in [4.69, 9.17) is 0 Å². The van der Waals surface area contributed by atoms with E-state index in [9.17, 15) is 9.59 Å². The number of ether oxygens (including phenoxy) is 1. The average Bonchev–Trinajstić information content (AvgIpc) is 3.07. The van der Waals surface area contributed by atoms with Gasteiger partial charge in [-0.25, -0.2) is 4.98 Å². The number of carbonyl (C=O) groups is 2. The molecular weight excluding hydrogens is 290 g/mol. The molecule has 0 saturated heterocycles. The first-order valence-electron chi connectivity index (χ1n) is 6.56. The van der Waals surface area contributed by atoms with Gasteiger partial charge in [0.05, 0.1) is 18.4 Å². The van der Waals surface area contributed by atoms with E-state index in [1.807, 2.05) is 12.3 Å². The van der Waals surface area contributed by atoms with E-state index in [1.54, 1.807) is 12.3 Å². The molecule has 0 atom stereocenters. The van der Waals surface area contributed by atoms with Crippen LogP contribution in [-0.4, -0.2) is 29.0 Å². The van der Waals surface area contributed by atoms with Gasteiger partial charge >= 0.3 is 5.97 Å². The van der Waals surface area contributed by atoms with Crippen molar-refractivity contribution in [2.75, 3.05) is 12.4 Å². The van der Waals surface area contributed by atoms with Gasteiger partial charge in [-0.3, -0.25) is 14.9 Å². The fourth-order valence-corrected chi connectivity index (χ4v) is 2.60. The van der Waals surface area contributed by atoms with Crippen molar-refractivity contribution >= 4 is 28.3 Å². The third-order valence-electron chi connectivity index (χ3n) is 3.01. The molecule has 7 heteroatoms. The van der Waals surface area contributed by atoms with Gasteiger partial charge in [-0.1, -0.05) is 0 Å². The first-order valence-corrected chi connectivity index (χ1v) is 7.44. The number of nitrogens with zero attached hydrogens (tertiary/aromatic N) is 1. The molecule has 2 aromatic rings. The molecule has 2 aromatic heterocycles. The number of aromatic nitrogens is 2. The summed E-state index contributed by atoms with van der Waals surface area (Å²) in [5, 5.41) is 5.22. The van der Waals surface area contributed by atoms with Crippen molar-refractivity contribution < 1.29 is 14.3 Å². The summed E-state index contributed by atoms with van der Waals surface area (Å²) in [6.45, 7) is 1.84. The Labute approximate surface area is 126 Å². The molecule has 2 heterocycles. The third-order valence-corrected chi connectivity index (χ3v) is 3.82. The minimum Gasteiger partial charge on any atom is -0.469 e. The summed E-state index contributed by atoms with van der Waals surface area (Å²) < 4.78 is 4.58. The normalized spacial score (nSPS) is 10.4. The van der Waals surface area contributed by atoms with Crippen LogP contribution in [0.25, 0.3) is 0 Å². The zero-order valence-corrected chi connectivity index (χ0v) is 12.8. The Morgan fingerprint density at radius 1 is 1.48 bits per heavy atom. The number of nitrogens with one attached hydrogen (secondary N) is 2. The van der Waals surface area contributed by atoms with E-state index in [0.29, 0.717) is 30.0 Å². The highest BCUT2D eigenvalue weighted by atomic mass is 32.1. The lowest BCUT2D eigenvalue weighted by atomic mass is 10.2. The minimum atomic E-state index is -0.221. The first kappa shape index (κ1) is 15.2. The second-order valence-corrected chi connectivity index (χ2v) is 5.40. The molecule has 0 aliphatic carbocycles. The van der Waals surface area contributed by atoms with Crippen LogP contribution < -0.4 is 5.32 Å². The summed E-state index contributed by atoms with van der Waals surface area (Å²) in [6.07, 6.45) is 3.47. The molecule has 0 unspecified atom stereocenters. The van der Waals surface area contributed by atoms with Crippen LogP contribution in [-0.2, 0) is 16.0 Å². The van der Waals surface area contributed by atoms with Gasteiger partial charge in [0, 0.05) is 23.7 Å². The molecule has 0 spiro atoms. The van der Waals surface area contributed by atoms with Crippen LogP contribution in [0.2, 0.25) is 0 Å². The Balaban J connectivity index is 1.87. The summed E-state index contributed by atoms with van der Waals surface area (Å²) in [4.78, 5) is 30.3. The van der Waals surface area contributed by atoms with Gasteiger partial charge in [-0.15, -0.1) is 11.3 Å². The lowest BCUT2D eigenvalue weighted by Gasteiger charge is -2.00. The molecule has 0 fully saturated rings. The molecule has 0 aliphatic heterocycles. The van der Waals surface area contributed by atoms with Gasteiger partial charge in [0.1, 0.15) is 0 Å². The van der Waals surface area contributed by atoms with Crippen molar-refractivity contribution in [2.45, 2.75) is 26.2 Å². The molecule has 21 heavy (non-hydrogen) atoms. The predicted molar refractivity (Wildman–Crippen MR) is 80.6 cm³/mol. The second kappa shape index (κ2) is 7.03. The summed E-state index contributed by atoms with van der Waals surface area (Å²) in [6, 6.07) is 1.73. The molecule has 2 rings (SSSR count). The number of amides is 1. The molecule has 0 aromatic carbocycles. The maximum absolute atomic E-state index is 12.0. The van der Waals surface area contributed by atoms with Crippen LogP contribution >= 0.6 is 11.3 Å². The largest absolute Gasteiger partial charge is 0.469 e. The quantitative estimate of drug-likeness (QED) is 0.803. The fraction of sp³-hybridized carbons (Fsp3) is 0.357. The molecule has 0 radical (unpaired) electrons. The summed E-state index contributed by atoms with van der Waals surface area (Å²) >= 11 is 1.38. The smallest absolute Gasteiger partial charge is 0.305 e. The van der Waals surface area contributed by atoms with E-state index in [1.165, 1.54) is 18.4 Å². The molecule has 6 nitrogen and oxygen atoms in total. The Kier molecular flexibility index (Phi) is 5.10. The molecule has 112 valence electrons. The highest BCUT2D eigenvalue weighted by molar-refractivity contribution is 7.13. The van der Waals surface area contributed by atoms with Gasteiger partial charge < -0.3 is 9.72 Å². The van der Waals surface area contributed by atoms with Gasteiger partial charge in [-0.2, -0.15) is 0 Å². The van der Waals surface area contributed by atoms with Crippen LogP contribution in [0.15, 0.2) is 17.6 Å². The maximum Gasteiger partial charge on any atom is 0.305 e. The number of carbonyl (C=O) groups excluding carboxylic acids is 2. The van der Waals surface area contributed by atoms with Gasteiger partial charge in [-0.05, 0) is 25.8 Å². The van der Waals surface area contributed by atoms with Gasteiger partial charge in [0.2, 0.25) is 0 Å². The Hall–Kier alpha value is -2.15. The van der Waals surface area contributed by atoms with E-state index in [2.05, 4.69) is 20.0 Å². The average molecular weight is 307 g/mol. The van der Waals surface area contributed by atoms with E-state index in [0.717, 1.165) is 11.4 Å². The summed E-state index contributed by atoms with van der Waals surface area (Å²) in [5.74, 6) is -0.397. The number of hydrogen-bond donors (Lipinski definition) is 2. The lowest BCUT2D eigenvalue weighted by molar-refractivity contribution is -0.140. The standard InChI is InChI=1S/C14H17N3O3S/c1-9-11(6-7-15-9)13(19)17-14-16-10(8-21-14)4-3-5-12(18)20-2/h6-8,15H,3-5H2,1-2H3,(H,16,17,19). The molecule has 0 bridgehead atoms. The summed E-state index contributed by atoms with van der Waals surface area (Å²) in [7, 11) is 1.38. The molecule has 0 saturated carbocycles. The zero-order valence-electron chi connectivity index (χ0n) is 11.9. The maximum atomic E-state index is 12.0. The number of aromatic amines is 1. The number of aryl methyl sites for hydroxylation is 2. The minimum absolute atomic E-state index is 0.177. The molecular formula is C14H17N3O3S. The van der Waals surface area contributed by atoms with Crippen molar-refractivity contribution in [3.8, 4) is 0 Å². The monoisotopic (exact) mass is 307 g/mol. The van der Waals surface area contributed by atoms with Crippen molar-refractivity contribution in [3.63, 3.8) is 0 Å². The Morgan fingerprint density at radius 2 is 2.29 bits per heavy atom. The highest BCUT2D eigenvalue weighted by Gasteiger charge is 2.12. The molecule has 1 amide bonds. The zero-order chi connectivity index (χ0) is 15.2. The van der Waals surface area contributed by atoms with E-state index >= 15 is 0 Å². The Morgan fingerprint density at radius 3 is 2.95 bits per heavy atom. The SMILES string of the molecule is COC(=O)CCCc1csc(NC(=O)c2cc[nH]c2C)n1. The van der Waals surface area contributed by atoms with E-state index in [-0.39, 0.29) is 11.9 Å². The molecule has 2 N–H and O–H groups in total. The van der Waals surface area contributed by atoms with Crippen LogP contribution in [0.4, 0.5) is 5.13 Å². The number of anilines is 1. The highest BCUT2D eigenvalue weighted by Crippen LogP contribution is 2.18. The van der Waals surface area contributed by atoms with Gasteiger partial charge in [0.15, 0.2) is 5.13 Å². The van der Waals surface area contributed by atoms with Crippen molar-refractivity contribution in [2.24, 2.45) is 0 Å². The molecule has 0 aliphatic rings. The van der Waals surface area contributed by atoms with E-state index < -0.39 is 0 Å². The van der Waals surface area contributed by atoms with Crippen molar-refractivity contribution in [3.05, 3.63) is 34.6 Å². The second-order valence-electron chi connectivity index (χ2n) is 4.54. The Bertz CT molecular complexity index is 633. The fourth-order valence-electron chi connectivity index (χ4n) is 1.86. The third kappa shape index (κ3) is 4.16. The van der Waals surface area contributed by atoms with Crippen molar-refractivity contribution in [1.82, 2.24) is 9.97 Å². The number of esters is 1.